The third-order valence-electron chi connectivity index (χ3n) is 14.5. The molecule has 0 bridgehead atoms. The number of carbonyl (C=O) groups is 3. The molecule has 3 aliphatic rings. The number of Topliss-reactive ketones (excluding diaryl/α,β-unsaturated/α-hetero) is 1. The maximum absolute atomic E-state index is 13.0. The molecule has 0 spiro atoms. The Labute approximate surface area is 645 Å². The van der Waals surface area contributed by atoms with E-state index in [1.165, 1.54) is 87.3 Å². The Balaban J connectivity index is -0.000000581. The van der Waals surface area contributed by atoms with Crippen molar-refractivity contribution < 1.29 is 91.8 Å². The first-order valence-corrected chi connectivity index (χ1v) is 41.6. The van der Waals surface area contributed by atoms with E-state index in [-0.39, 0.29) is 66.9 Å². The number of carboxylic acids is 2. The number of aryl methyl sites for hydroxylation is 7. The molecule has 32 heteroatoms. The van der Waals surface area contributed by atoms with Gasteiger partial charge in [0.05, 0.1) is 40.2 Å². The molecule has 0 aliphatic carbocycles. The van der Waals surface area contributed by atoms with E-state index < -0.39 is 32.3 Å². The minimum atomic E-state index is -4.67. The summed E-state index contributed by atoms with van der Waals surface area (Å²) in [7, 11) is -3.04. The van der Waals surface area contributed by atoms with E-state index in [2.05, 4.69) is 87.9 Å². The number of hydrogen-bond acceptors (Lipinski definition) is 19. The van der Waals surface area contributed by atoms with Gasteiger partial charge in [-0.2, -0.15) is 8.42 Å². The van der Waals surface area contributed by atoms with Gasteiger partial charge in [0, 0.05) is 60.5 Å². The van der Waals surface area contributed by atoms with Crippen LogP contribution < -0.4 is 20.9 Å². The fourth-order valence-electron chi connectivity index (χ4n) is 9.63. The molecule has 10 rings (SSSR count). The van der Waals surface area contributed by atoms with E-state index in [0.717, 1.165) is 97.1 Å². The number of nitrogen functional groups attached to an aromatic ring is 2. The summed E-state index contributed by atoms with van der Waals surface area (Å²) in [4.78, 5) is 71.8. The molecule has 3 heterocycles. The number of anilines is 2. The van der Waals surface area contributed by atoms with Gasteiger partial charge >= 0.3 is 71.8 Å². The molecule has 2 saturated heterocycles. The number of ether oxygens (including phenoxy) is 2. The summed E-state index contributed by atoms with van der Waals surface area (Å²) >= 11 is 4.74. The summed E-state index contributed by atoms with van der Waals surface area (Å²) in [6.45, 7) is 24.0. The number of aromatic carboxylic acids is 2. The molecule has 105 heavy (non-hydrogen) atoms. The molecule has 0 radical (unpaired) electrons. The van der Waals surface area contributed by atoms with E-state index >= 15 is 0 Å². The first-order valence-electron chi connectivity index (χ1n) is 31.2. The van der Waals surface area contributed by atoms with Crippen molar-refractivity contribution in [3.63, 3.8) is 0 Å². The summed E-state index contributed by atoms with van der Waals surface area (Å²) in [6, 6.07) is 43.9. The molecule has 0 saturated carbocycles. The number of halogens is 2. The zero-order valence-corrected chi connectivity index (χ0v) is 65.8. The Bertz CT molecular complexity index is 3840. The maximum atomic E-state index is 13.0. The molecule has 7 aromatic rings. The van der Waals surface area contributed by atoms with Crippen molar-refractivity contribution in [3.8, 4) is 11.5 Å². The third-order valence-corrected chi connectivity index (χ3v) is 14.5. The fraction of sp³-hybridized carbons (Fsp3) is 0.356. The van der Waals surface area contributed by atoms with Crippen LogP contribution in [0, 0.1) is 86.2 Å². The molecule has 7 aromatic carbocycles. The van der Waals surface area contributed by atoms with Crippen molar-refractivity contribution in [1.29, 1.82) is 0 Å². The van der Waals surface area contributed by atoms with Gasteiger partial charge in [0.25, 0.3) is 16.5 Å². The number of carbonyl (C=O) groups excluding carboxylic acids is 1. The molecular formula is C73H103I2N8O20SV-. The molecule has 2 fully saturated rings. The van der Waals surface area contributed by atoms with Crippen molar-refractivity contribution >= 4 is 102 Å². The van der Waals surface area contributed by atoms with Crippen LogP contribution >= 0.6 is 40.0 Å². The molecule has 1 atom stereocenters. The number of nitrogens with zero attached hydrogens (tertiary/aromatic N) is 6. The van der Waals surface area contributed by atoms with Crippen molar-refractivity contribution in [2.75, 3.05) is 71.1 Å². The van der Waals surface area contributed by atoms with Crippen LogP contribution in [0.1, 0.15) is 142 Å². The summed E-state index contributed by atoms with van der Waals surface area (Å²) < 4.78 is 43.1. The topological polar surface area (TPSA) is 457 Å². The molecule has 28 nitrogen and oxygen atoms in total. The zero-order valence-electron chi connectivity index (χ0n) is 59.3. The number of aliphatic imine (C=N–C) groups is 1. The van der Waals surface area contributed by atoms with Gasteiger partial charge in [0.1, 0.15) is 17.1 Å². The summed E-state index contributed by atoms with van der Waals surface area (Å²) in [6.07, 6.45) is 7.52. The number of fused-ring (bicyclic) bond motifs is 1. The second-order valence-electron chi connectivity index (χ2n) is 22.6. The molecule has 0 amide bonds. The fourth-order valence-corrected chi connectivity index (χ4v) is 9.63. The van der Waals surface area contributed by atoms with Gasteiger partial charge in [-0.25, -0.2) is 9.59 Å². The van der Waals surface area contributed by atoms with Crippen molar-refractivity contribution in [2.45, 2.75) is 115 Å². The summed E-state index contributed by atoms with van der Waals surface area (Å²) in [5.41, 5.74) is 22.2. The van der Waals surface area contributed by atoms with Gasteiger partial charge in [0.15, 0.2) is 5.78 Å². The molecule has 0 aromatic heterocycles. The van der Waals surface area contributed by atoms with Crippen LogP contribution in [0.3, 0.4) is 0 Å². The predicted molar refractivity (Wildman–Crippen MR) is 428 cm³/mol. The first-order chi connectivity index (χ1) is 47.6. The number of aliphatic hydroxyl groups excluding tert-OH is 1. The number of likely N-dealkylation sites (tertiary alicyclic amines) is 2. The van der Waals surface area contributed by atoms with Crippen LogP contribution in [-0.4, -0.2) is 151 Å². The van der Waals surface area contributed by atoms with E-state index in [9.17, 15) is 34.6 Å². The van der Waals surface area contributed by atoms with Crippen LogP contribution in [0.4, 0.5) is 28.4 Å². The number of aliphatic hydroxyl groups is 1. The average Bonchev–Trinajstić information content (AvgIpc) is 0.992. The second kappa shape index (κ2) is 56.2. The number of nitrogens with two attached hydrogens (primary N) is 2. The molecule has 581 valence electrons. The zero-order chi connectivity index (χ0) is 76.4. The second-order valence-corrected chi connectivity index (χ2v) is 35.3. The van der Waals surface area contributed by atoms with Crippen LogP contribution in [0.15, 0.2) is 151 Å². The standard InChI is InChI=1S/C24H28N2O2.C13H20N2O.C8H7NO4.2C8H9NO2.C8H10.CH4O.2CH4.CH3.2HI.HNO3.H2O4S.H2O.V/c1-17-6-11-21-22(16-17)25-18(2)23(24(21)27)19-7-9-20(10-8-19)28-15-5-14-26-12-3-4-13-26;14-12-4-6-13(7-5-12)16-11-3-10-15-8-1-2-9-15;1-5-2-3-6(8(10)11)7(4-5)9(12)13;1-6-3-4-7(2)8(5-6)9(10)11;1-5-2-3-6(8(10)11)7(9)4-5;1-7-3-5-8(2)6-4-7;1-2;;;;;;2-1(3)4;1-5(2,3)4;;/h6-11,16,23H,3-5,12-15H2,1-2H3;4-7H,1-3,8-11,14H2;2-4H,1H3,(H,10,11);3-5H,1-2H3;2-4H,9H2,1H3,(H,10,11);3-6H,1-2H3;2H,1H3;2*1H4;1H3;2*1H;(H,2,3,4);(H2,1,2,3,4);1H2;/q;;;;;;;;;-1;;;;;;+2/p-2. The van der Waals surface area contributed by atoms with Crippen LogP contribution in [-0.2, 0) is 19.9 Å². The molecular weight excluding hydrogens is 1650 g/mol. The van der Waals surface area contributed by atoms with E-state index in [1.807, 2.05) is 100 Å². The van der Waals surface area contributed by atoms with Crippen LogP contribution in [0.25, 0.3) is 0 Å². The number of ketones is 1. The van der Waals surface area contributed by atoms with Crippen molar-refractivity contribution in [2.24, 2.45) is 4.99 Å². The average molecular weight is 1750 g/mol. The van der Waals surface area contributed by atoms with Crippen LogP contribution in [0.5, 0.6) is 11.5 Å². The van der Waals surface area contributed by atoms with Gasteiger partial charge in [-0.15, -0.1) is 10.1 Å². The van der Waals surface area contributed by atoms with Gasteiger partial charge in [-0.3, -0.25) is 39.1 Å². The molecule has 1 unspecified atom stereocenters. The molecule has 3 aliphatic heterocycles. The van der Waals surface area contributed by atoms with Gasteiger partial charge in [-0.1, -0.05) is 92.7 Å². The van der Waals surface area contributed by atoms with Gasteiger partial charge in [-0.05, 0) is 215 Å². The van der Waals surface area contributed by atoms with Crippen molar-refractivity contribution in [3.05, 3.63) is 245 Å². The SMILES string of the molecule is C.C.CC1=Nc2cc(C)ccc2C(=O)C1c1ccc(OCCCN2CCCC2)cc1.CO.Cc1ccc(C(=O)O)c(N)c1.Cc1ccc(C(=O)O)c([N+](=O)[O-])c1.Cc1ccc(C)c([N+](=O)[O-])c1.Cc1ccc(C)cc1.Nc1ccc(OCCCN2CCCC2)cc1.O.O=S(=O)(O)O.O=[N+]([O-])O.[CH3-].[I][V][I]. The quantitative estimate of drug-likeness (QED) is 0.00899. The summed E-state index contributed by atoms with van der Waals surface area (Å²) in [5, 5.41) is 58.6. The number of nitro benzene ring substituents is 2. The molecule has 12 N–H and O–H groups in total. The Morgan fingerprint density at radius 2 is 0.924 bits per heavy atom. The Hall–Kier alpha value is -8.23. The van der Waals surface area contributed by atoms with E-state index in [1.54, 1.807) is 38.1 Å². The number of hydrogen-bond donors (Lipinski definition) is 8. The summed E-state index contributed by atoms with van der Waals surface area (Å²) in [5.74, 6) is -0.676. The monoisotopic (exact) mass is 1750 g/mol. The predicted octanol–water partition coefficient (Wildman–Crippen LogP) is 15.7. The Morgan fingerprint density at radius 1 is 0.581 bits per heavy atom. The van der Waals surface area contributed by atoms with E-state index in [0.29, 0.717) is 31.8 Å². The number of carboxylic acid groups (broad SMARTS) is 2. The number of nitro groups is 2. The van der Waals surface area contributed by atoms with Gasteiger partial charge < -0.3 is 64.2 Å². The minimum absolute atomic E-state index is 0. The Kier molecular flexibility index (Phi) is 55.2. The number of benzene rings is 7. The van der Waals surface area contributed by atoms with E-state index in [4.69, 9.17) is 74.1 Å². The number of rotatable bonds is 15. The van der Waals surface area contributed by atoms with Crippen molar-refractivity contribution in [1.82, 2.24) is 9.80 Å². The first kappa shape index (κ1) is 103. The third kappa shape index (κ3) is 44.4. The normalized spacial score (nSPS) is 12.6. The van der Waals surface area contributed by atoms with Gasteiger partial charge in [0.2, 0.25) is 0 Å². The van der Waals surface area contributed by atoms with Crippen LogP contribution in [0.2, 0.25) is 0 Å². The Morgan fingerprint density at radius 3 is 1.30 bits per heavy atom.